The third-order valence-corrected chi connectivity index (χ3v) is 6.33. The zero-order valence-electron chi connectivity index (χ0n) is 17.4. The fraction of sp³-hybridized carbons (Fsp3) is 0.333. The second kappa shape index (κ2) is 9.65. The van der Waals surface area contributed by atoms with Crippen LogP contribution in [-0.4, -0.2) is 49.6 Å². The number of nitriles is 1. The Kier molecular flexibility index (Phi) is 6.95. The fourth-order valence-corrected chi connectivity index (χ4v) is 4.60. The van der Waals surface area contributed by atoms with Gasteiger partial charge in [0, 0.05) is 19.1 Å². The van der Waals surface area contributed by atoms with Gasteiger partial charge in [0.05, 0.1) is 22.6 Å². The van der Waals surface area contributed by atoms with Crippen molar-refractivity contribution in [3.8, 4) is 6.07 Å². The average Bonchev–Trinajstić information content (AvgIpc) is 2.73. The van der Waals surface area contributed by atoms with E-state index in [0.29, 0.717) is 43.0 Å². The number of amides is 2. The summed E-state index contributed by atoms with van der Waals surface area (Å²) in [6.45, 7) is 2.51. The van der Waals surface area contributed by atoms with Crippen LogP contribution < -0.4 is 14.9 Å². The average molecular weight is 458 g/mol. The van der Waals surface area contributed by atoms with Gasteiger partial charge in [0.15, 0.2) is 0 Å². The van der Waals surface area contributed by atoms with Crippen LogP contribution in [0.15, 0.2) is 36.4 Å². The molecule has 3 N–H and O–H groups in total. The topological polar surface area (TPSA) is 152 Å². The number of anilines is 1. The maximum absolute atomic E-state index is 12.2. The quantitative estimate of drug-likeness (QED) is 0.593. The van der Waals surface area contributed by atoms with Crippen molar-refractivity contribution in [3.05, 3.63) is 58.8 Å². The van der Waals surface area contributed by atoms with Gasteiger partial charge in [-0.1, -0.05) is 30.3 Å². The molecule has 1 aliphatic rings. The van der Waals surface area contributed by atoms with E-state index < -0.39 is 22.0 Å². The van der Waals surface area contributed by atoms with Crippen molar-refractivity contribution in [2.75, 3.05) is 18.0 Å². The van der Waals surface area contributed by atoms with Crippen LogP contribution in [0.3, 0.4) is 0 Å². The number of hydrogen-bond acceptors (Lipinski definition) is 7. The molecular weight excluding hydrogens is 434 g/mol. The molecule has 0 unspecified atom stereocenters. The highest BCUT2D eigenvalue weighted by Crippen LogP contribution is 2.24. The number of hydrogen-bond donors (Lipinski definition) is 3. The Morgan fingerprint density at radius 1 is 1.25 bits per heavy atom. The lowest BCUT2D eigenvalue weighted by Crippen LogP contribution is -2.49. The Morgan fingerprint density at radius 3 is 2.50 bits per heavy atom. The number of carbonyl (C=O) groups excluding carboxylic acids is 1. The number of rotatable bonds is 6. The molecule has 2 heterocycles. The SMILES string of the molecule is Cc1nc(N2CCC(NC(=O)NS(=O)(=O)Cc3ccccc3)CC2)c(C#N)cc1C(=O)O. The summed E-state index contributed by atoms with van der Waals surface area (Å²) in [7, 11) is -3.83. The van der Waals surface area contributed by atoms with Crippen LogP contribution in [-0.2, 0) is 15.8 Å². The number of aryl methyl sites for hydroxylation is 1. The van der Waals surface area contributed by atoms with Crippen LogP contribution in [0.5, 0.6) is 0 Å². The van der Waals surface area contributed by atoms with Crippen molar-refractivity contribution in [1.82, 2.24) is 15.0 Å². The summed E-state index contributed by atoms with van der Waals surface area (Å²) in [5, 5.41) is 21.3. The van der Waals surface area contributed by atoms with E-state index in [-0.39, 0.29) is 22.9 Å². The van der Waals surface area contributed by atoms with E-state index in [0.717, 1.165) is 0 Å². The third-order valence-electron chi connectivity index (χ3n) is 5.12. The van der Waals surface area contributed by atoms with E-state index in [4.69, 9.17) is 0 Å². The molecular formula is C21H23N5O5S. The number of aromatic nitrogens is 1. The van der Waals surface area contributed by atoms with Crippen LogP contribution in [0.1, 0.15) is 40.0 Å². The Balaban J connectivity index is 1.57. The number of aromatic carboxylic acids is 1. The molecule has 11 heteroatoms. The molecule has 2 amide bonds. The van der Waals surface area contributed by atoms with Gasteiger partial charge in [-0.15, -0.1) is 0 Å². The molecule has 1 fully saturated rings. The van der Waals surface area contributed by atoms with Crippen molar-refractivity contribution >= 4 is 27.8 Å². The largest absolute Gasteiger partial charge is 0.478 e. The third kappa shape index (κ3) is 5.73. The number of carbonyl (C=O) groups is 2. The minimum atomic E-state index is -3.83. The predicted octanol–water partition coefficient (Wildman–Crippen LogP) is 1.76. The number of carboxylic acid groups (broad SMARTS) is 1. The Morgan fingerprint density at radius 2 is 1.91 bits per heavy atom. The zero-order chi connectivity index (χ0) is 23.3. The van der Waals surface area contributed by atoms with Crippen LogP contribution >= 0.6 is 0 Å². The molecule has 0 bridgehead atoms. The summed E-state index contributed by atoms with van der Waals surface area (Å²) in [4.78, 5) is 29.6. The van der Waals surface area contributed by atoms with Crippen LogP contribution in [0.25, 0.3) is 0 Å². The molecule has 3 rings (SSSR count). The molecule has 1 aromatic carbocycles. The molecule has 0 spiro atoms. The zero-order valence-corrected chi connectivity index (χ0v) is 18.2. The van der Waals surface area contributed by atoms with Gasteiger partial charge in [0.1, 0.15) is 11.9 Å². The van der Waals surface area contributed by atoms with Crippen molar-refractivity contribution in [2.45, 2.75) is 31.6 Å². The number of pyridine rings is 1. The van der Waals surface area contributed by atoms with Crippen molar-refractivity contribution in [2.24, 2.45) is 0 Å². The molecule has 168 valence electrons. The first kappa shape index (κ1) is 23.0. The van der Waals surface area contributed by atoms with Gasteiger partial charge in [-0.05, 0) is 31.4 Å². The number of sulfonamides is 1. The van der Waals surface area contributed by atoms with Crippen molar-refractivity contribution in [3.63, 3.8) is 0 Å². The lowest BCUT2D eigenvalue weighted by Gasteiger charge is -2.33. The number of carboxylic acids is 1. The molecule has 32 heavy (non-hydrogen) atoms. The number of nitrogens with zero attached hydrogens (tertiary/aromatic N) is 3. The van der Waals surface area contributed by atoms with E-state index in [1.54, 1.807) is 37.3 Å². The van der Waals surface area contributed by atoms with Gasteiger partial charge in [0.25, 0.3) is 0 Å². The van der Waals surface area contributed by atoms with Gasteiger partial charge in [0.2, 0.25) is 10.0 Å². The first-order valence-corrected chi connectivity index (χ1v) is 11.6. The Bertz CT molecular complexity index is 1150. The monoisotopic (exact) mass is 457 g/mol. The highest BCUT2D eigenvalue weighted by Gasteiger charge is 2.26. The van der Waals surface area contributed by atoms with Crippen molar-refractivity contribution in [1.29, 1.82) is 5.26 Å². The van der Waals surface area contributed by atoms with Gasteiger partial charge in [-0.2, -0.15) is 5.26 Å². The predicted molar refractivity (Wildman–Crippen MR) is 117 cm³/mol. The minimum Gasteiger partial charge on any atom is -0.478 e. The normalized spacial score (nSPS) is 14.4. The van der Waals surface area contributed by atoms with Crippen LogP contribution in [0.2, 0.25) is 0 Å². The standard InChI is InChI=1S/C21H23N5O5S/c1-14-18(20(27)28)11-16(12-22)19(23-14)26-9-7-17(8-10-26)24-21(29)25-32(30,31)13-15-5-3-2-4-6-15/h2-6,11,17H,7-10,13H2,1H3,(H,27,28)(H2,24,25,29). The summed E-state index contributed by atoms with van der Waals surface area (Å²) >= 11 is 0. The molecule has 1 saturated heterocycles. The van der Waals surface area contributed by atoms with E-state index in [1.165, 1.54) is 6.07 Å². The molecule has 2 aromatic rings. The summed E-state index contributed by atoms with van der Waals surface area (Å²) < 4.78 is 26.4. The smallest absolute Gasteiger partial charge is 0.337 e. The Hall–Kier alpha value is -3.65. The summed E-state index contributed by atoms with van der Waals surface area (Å²) in [6, 6.07) is 10.8. The second-order valence-corrected chi connectivity index (χ2v) is 9.21. The molecule has 0 radical (unpaired) electrons. The number of benzene rings is 1. The number of piperidine rings is 1. The van der Waals surface area contributed by atoms with Gasteiger partial charge in [-0.25, -0.2) is 27.7 Å². The maximum atomic E-state index is 12.2. The fourth-order valence-electron chi connectivity index (χ4n) is 3.55. The highest BCUT2D eigenvalue weighted by atomic mass is 32.2. The summed E-state index contributed by atoms with van der Waals surface area (Å²) in [5.41, 5.74) is 1.04. The summed E-state index contributed by atoms with van der Waals surface area (Å²) in [5.74, 6) is -1.04. The van der Waals surface area contributed by atoms with Crippen molar-refractivity contribution < 1.29 is 23.1 Å². The van der Waals surface area contributed by atoms with Gasteiger partial charge >= 0.3 is 12.0 Å². The van der Waals surface area contributed by atoms with E-state index in [2.05, 4.69) is 10.3 Å². The van der Waals surface area contributed by atoms with Gasteiger partial charge in [-0.3, -0.25) is 0 Å². The lowest BCUT2D eigenvalue weighted by atomic mass is 10.0. The number of nitrogens with one attached hydrogen (secondary N) is 2. The molecule has 10 nitrogen and oxygen atoms in total. The van der Waals surface area contributed by atoms with Crippen LogP contribution in [0.4, 0.5) is 10.6 Å². The molecule has 1 aliphatic heterocycles. The molecule has 0 atom stereocenters. The molecule has 1 aromatic heterocycles. The second-order valence-electron chi connectivity index (χ2n) is 7.49. The first-order valence-electron chi connectivity index (χ1n) is 9.93. The lowest BCUT2D eigenvalue weighted by molar-refractivity contribution is 0.0695. The molecule has 0 aliphatic carbocycles. The van der Waals surface area contributed by atoms with E-state index in [1.807, 2.05) is 15.7 Å². The maximum Gasteiger partial charge on any atom is 0.337 e. The highest BCUT2D eigenvalue weighted by molar-refractivity contribution is 7.89. The minimum absolute atomic E-state index is 0.0183. The van der Waals surface area contributed by atoms with E-state index in [9.17, 15) is 28.4 Å². The summed E-state index contributed by atoms with van der Waals surface area (Å²) in [6.07, 6.45) is 1.02. The molecule has 0 saturated carbocycles. The first-order chi connectivity index (χ1) is 15.2. The number of urea groups is 1. The van der Waals surface area contributed by atoms with E-state index >= 15 is 0 Å². The Labute approximate surface area is 185 Å². The van der Waals surface area contributed by atoms with Crippen LogP contribution in [0, 0.1) is 18.3 Å². The van der Waals surface area contributed by atoms with Gasteiger partial charge < -0.3 is 15.3 Å².